The molecule has 2 atom stereocenters. The van der Waals surface area contributed by atoms with Gasteiger partial charge in [-0.25, -0.2) is 9.97 Å². The Bertz CT molecular complexity index is 801. The number of pyridine rings is 1. The van der Waals surface area contributed by atoms with Crippen molar-refractivity contribution in [2.24, 2.45) is 11.3 Å². The third-order valence-electron chi connectivity index (χ3n) is 5.18. The Morgan fingerprint density at radius 3 is 3.00 bits per heavy atom. The standard InChI is InChI=1S/C18H19N5O3/c24-16(14-10-19-6-7-20-14)23-8-4-18(12-23)13(9-22-17(18)25)11-26-15-3-1-2-5-21-15/h1-3,5-7,10,13H,4,8-9,11-12H2,(H,22,25)/t13-,18-/m0/s1. The van der Waals surface area contributed by atoms with Gasteiger partial charge in [0.1, 0.15) is 5.69 Å². The smallest absolute Gasteiger partial charge is 0.274 e. The Morgan fingerprint density at radius 1 is 1.31 bits per heavy atom. The van der Waals surface area contributed by atoms with Crippen LogP contribution in [0.1, 0.15) is 16.9 Å². The van der Waals surface area contributed by atoms with Gasteiger partial charge in [-0.15, -0.1) is 0 Å². The van der Waals surface area contributed by atoms with E-state index in [0.29, 0.717) is 44.2 Å². The van der Waals surface area contributed by atoms with Crippen LogP contribution in [0.15, 0.2) is 43.0 Å². The zero-order valence-electron chi connectivity index (χ0n) is 14.2. The fourth-order valence-corrected chi connectivity index (χ4v) is 3.71. The van der Waals surface area contributed by atoms with Crippen LogP contribution in [0.5, 0.6) is 5.88 Å². The van der Waals surface area contributed by atoms with E-state index in [9.17, 15) is 9.59 Å². The van der Waals surface area contributed by atoms with Crippen LogP contribution in [-0.2, 0) is 4.79 Å². The third-order valence-corrected chi connectivity index (χ3v) is 5.18. The third kappa shape index (κ3) is 2.87. The molecule has 0 bridgehead atoms. The van der Waals surface area contributed by atoms with E-state index in [0.717, 1.165) is 0 Å². The van der Waals surface area contributed by atoms with E-state index >= 15 is 0 Å². The van der Waals surface area contributed by atoms with E-state index in [1.165, 1.54) is 18.6 Å². The highest BCUT2D eigenvalue weighted by Gasteiger charge is 2.55. The number of aromatic nitrogens is 3. The molecule has 2 fully saturated rings. The lowest BCUT2D eigenvalue weighted by atomic mass is 9.77. The SMILES string of the molecule is O=C(c1cnccn1)N1CC[C@@]2(C1)C(=O)NC[C@H]2COc1ccccn1. The molecular weight excluding hydrogens is 334 g/mol. The van der Waals surface area contributed by atoms with Crippen molar-refractivity contribution < 1.29 is 14.3 Å². The van der Waals surface area contributed by atoms with Gasteiger partial charge < -0.3 is 15.0 Å². The molecule has 1 spiro atoms. The van der Waals surface area contributed by atoms with Crippen molar-refractivity contribution in [1.82, 2.24) is 25.2 Å². The number of ether oxygens (including phenoxy) is 1. The van der Waals surface area contributed by atoms with Crippen LogP contribution >= 0.6 is 0 Å². The van der Waals surface area contributed by atoms with Crippen LogP contribution in [-0.4, -0.2) is 57.9 Å². The highest BCUT2D eigenvalue weighted by molar-refractivity contribution is 5.94. The second kappa shape index (κ2) is 6.70. The Labute approximate surface area is 150 Å². The minimum atomic E-state index is -0.618. The maximum Gasteiger partial charge on any atom is 0.274 e. The normalized spacial score (nSPS) is 24.7. The van der Waals surface area contributed by atoms with Crippen LogP contribution in [0.25, 0.3) is 0 Å². The molecule has 2 aromatic rings. The van der Waals surface area contributed by atoms with Crippen molar-refractivity contribution in [3.63, 3.8) is 0 Å². The molecule has 26 heavy (non-hydrogen) atoms. The van der Waals surface area contributed by atoms with Gasteiger partial charge in [0.2, 0.25) is 11.8 Å². The number of hydrogen-bond donors (Lipinski definition) is 1. The van der Waals surface area contributed by atoms with Crippen LogP contribution in [0.3, 0.4) is 0 Å². The number of amides is 2. The van der Waals surface area contributed by atoms with Gasteiger partial charge in [0.25, 0.3) is 5.91 Å². The second-order valence-electron chi connectivity index (χ2n) is 6.61. The zero-order valence-corrected chi connectivity index (χ0v) is 14.2. The number of nitrogens with zero attached hydrogens (tertiary/aromatic N) is 4. The van der Waals surface area contributed by atoms with Gasteiger partial charge in [0, 0.05) is 50.2 Å². The summed E-state index contributed by atoms with van der Waals surface area (Å²) < 4.78 is 5.78. The number of carbonyl (C=O) groups is 2. The molecule has 0 aliphatic carbocycles. The first-order chi connectivity index (χ1) is 12.7. The predicted octanol–water partition coefficient (Wildman–Crippen LogP) is 0.529. The summed E-state index contributed by atoms with van der Waals surface area (Å²) in [6, 6.07) is 5.46. The van der Waals surface area contributed by atoms with E-state index in [2.05, 4.69) is 20.3 Å². The highest BCUT2D eigenvalue weighted by Crippen LogP contribution is 2.42. The molecule has 2 amide bonds. The average Bonchev–Trinajstić information content (AvgIpc) is 3.27. The molecule has 4 heterocycles. The molecule has 0 radical (unpaired) electrons. The van der Waals surface area contributed by atoms with E-state index < -0.39 is 5.41 Å². The lowest BCUT2D eigenvalue weighted by Gasteiger charge is -2.27. The Balaban J connectivity index is 1.47. The van der Waals surface area contributed by atoms with Crippen molar-refractivity contribution in [2.75, 3.05) is 26.2 Å². The maximum atomic E-state index is 12.6. The lowest BCUT2D eigenvalue weighted by Crippen LogP contribution is -2.41. The highest BCUT2D eigenvalue weighted by atomic mass is 16.5. The Hall–Kier alpha value is -3.03. The Kier molecular flexibility index (Phi) is 4.24. The minimum Gasteiger partial charge on any atom is -0.477 e. The molecule has 2 aromatic heterocycles. The minimum absolute atomic E-state index is 0.0124. The predicted molar refractivity (Wildman–Crippen MR) is 91.2 cm³/mol. The van der Waals surface area contributed by atoms with Crippen LogP contribution in [0.4, 0.5) is 0 Å². The summed E-state index contributed by atoms with van der Waals surface area (Å²) in [7, 11) is 0. The molecule has 0 saturated carbocycles. The number of likely N-dealkylation sites (tertiary alicyclic amines) is 1. The average molecular weight is 353 g/mol. The summed E-state index contributed by atoms with van der Waals surface area (Å²) in [6.45, 7) is 1.80. The fraction of sp³-hybridized carbons (Fsp3) is 0.389. The van der Waals surface area contributed by atoms with E-state index in [1.54, 1.807) is 17.2 Å². The van der Waals surface area contributed by atoms with Crippen molar-refractivity contribution in [2.45, 2.75) is 6.42 Å². The summed E-state index contributed by atoms with van der Waals surface area (Å²) in [4.78, 5) is 39.0. The first kappa shape index (κ1) is 16.4. The summed E-state index contributed by atoms with van der Waals surface area (Å²) in [5.74, 6) is 0.310. The molecular formula is C18H19N5O3. The van der Waals surface area contributed by atoms with E-state index in [4.69, 9.17) is 4.74 Å². The largest absolute Gasteiger partial charge is 0.477 e. The van der Waals surface area contributed by atoms with E-state index in [-0.39, 0.29) is 17.7 Å². The number of nitrogens with one attached hydrogen (secondary N) is 1. The quantitative estimate of drug-likeness (QED) is 0.861. The molecule has 0 unspecified atom stereocenters. The maximum absolute atomic E-state index is 12.6. The zero-order chi connectivity index (χ0) is 18.0. The van der Waals surface area contributed by atoms with Gasteiger partial charge in [0.15, 0.2) is 0 Å². The van der Waals surface area contributed by atoms with Crippen molar-refractivity contribution in [3.8, 4) is 5.88 Å². The van der Waals surface area contributed by atoms with Crippen molar-refractivity contribution in [3.05, 3.63) is 48.7 Å². The Morgan fingerprint density at radius 2 is 2.23 bits per heavy atom. The molecule has 1 N–H and O–H groups in total. The fourth-order valence-electron chi connectivity index (χ4n) is 3.71. The summed E-state index contributed by atoms with van der Waals surface area (Å²) >= 11 is 0. The van der Waals surface area contributed by atoms with Gasteiger partial charge in [-0.05, 0) is 12.5 Å². The van der Waals surface area contributed by atoms with Gasteiger partial charge in [-0.3, -0.25) is 14.6 Å². The van der Waals surface area contributed by atoms with Gasteiger partial charge in [0.05, 0.1) is 18.2 Å². The van der Waals surface area contributed by atoms with Crippen LogP contribution in [0.2, 0.25) is 0 Å². The molecule has 2 saturated heterocycles. The number of carbonyl (C=O) groups excluding carboxylic acids is 2. The molecule has 2 aliphatic rings. The van der Waals surface area contributed by atoms with Gasteiger partial charge in [-0.2, -0.15) is 0 Å². The first-order valence-corrected chi connectivity index (χ1v) is 8.56. The first-order valence-electron chi connectivity index (χ1n) is 8.56. The summed E-state index contributed by atoms with van der Waals surface area (Å²) in [6.07, 6.45) is 6.74. The lowest BCUT2D eigenvalue weighted by molar-refractivity contribution is -0.128. The summed E-state index contributed by atoms with van der Waals surface area (Å²) in [5.41, 5.74) is -0.323. The summed E-state index contributed by atoms with van der Waals surface area (Å²) in [5, 5.41) is 2.93. The molecule has 134 valence electrons. The van der Waals surface area contributed by atoms with Crippen molar-refractivity contribution in [1.29, 1.82) is 0 Å². The molecule has 4 rings (SSSR count). The molecule has 0 aromatic carbocycles. The molecule has 8 heteroatoms. The van der Waals surface area contributed by atoms with E-state index in [1.807, 2.05) is 12.1 Å². The number of rotatable bonds is 4. The molecule has 8 nitrogen and oxygen atoms in total. The number of hydrogen-bond acceptors (Lipinski definition) is 6. The second-order valence-corrected chi connectivity index (χ2v) is 6.61. The van der Waals surface area contributed by atoms with Crippen LogP contribution < -0.4 is 10.1 Å². The van der Waals surface area contributed by atoms with Crippen LogP contribution in [0, 0.1) is 11.3 Å². The van der Waals surface area contributed by atoms with Gasteiger partial charge >= 0.3 is 0 Å². The monoisotopic (exact) mass is 353 g/mol. The van der Waals surface area contributed by atoms with Gasteiger partial charge in [-0.1, -0.05) is 6.07 Å². The van der Waals surface area contributed by atoms with Crippen molar-refractivity contribution >= 4 is 11.8 Å². The molecule has 2 aliphatic heterocycles. The topological polar surface area (TPSA) is 97.3 Å².